The van der Waals surface area contributed by atoms with Crippen LogP contribution in [-0.4, -0.2) is 14.8 Å². The van der Waals surface area contributed by atoms with Gasteiger partial charge in [0.2, 0.25) is 0 Å². The lowest BCUT2D eigenvalue weighted by Crippen LogP contribution is -2.06. The molecule has 2 aromatic rings. The third-order valence-electron chi connectivity index (χ3n) is 1.71. The fourth-order valence-corrected chi connectivity index (χ4v) is 1.66. The molecule has 0 saturated heterocycles. The molecule has 0 aliphatic carbocycles. The molecule has 0 aliphatic heterocycles. The molecule has 2 rings (SSSR count). The Hall–Kier alpha value is -1.46. The van der Waals surface area contributed by atoms with Gasteiger partial charge >= 0.3 is 0 Å². The van der Waals surface area contributed by atoms with E-state index < -0.39 is 12.0 Å². The molecule has 78 valence electrons. The molecule has 0 radical (unpaired) electrons. The van der Waals surface area contributed by atoms with Gasteiger partial charge in [0.1, 0.15) is 0 Å². The lowest BCUT2D eigenvalue weighted by molar-refractivity contribution is -0.297. The van der Waals surface area contributed by atoms with Crippen LogP contribution < -0.4 is 10.2 Å². The molecule has 1 heterocycles. The Kier molecular flexibility index (Phi) is 2.42. The maximum Gasteiger partial charge on any atom is 0.0891 e. The van der Waals surface area contributed by atoms with E-state index in [0.717, 1.165) is 4.57 Å². The highest BCUT2D eigenvalue weighted by Gasteiger charge is 2.03. The lowest BCUT2D eigenvalue weighted by Gasteiger charge is -2.14. The lowest BCUT2D eigenvalue weighted by atomic mass is 10.3. The molecule has 7 heteroatoms. The van der Waals surface area contributed by atoms with Gasteiger partial charge in [-0.1, -0.05) is 23.2 Å². The zero-order valence-electron chi connectivity index (χ0n) is 7.15. The second kappa shape index (κ2) is 3.60. The molecule has 0 fully saturated rings. The van der Waals surface area contributed by atoms with Gasteiger partial charge in [-0.05, 0) is 18.2 Å². The van der Waals surface area contributed by atoms with Gasteiger partial charge in [0.05, 0.1) is 12.0 Å². The molecule has 0 bridgehead atoms. The standard InChI is InChI=1S/C8H5Cl2N3O2/c9-4-1-5(10)3-6(2-4)13-7(14)11-12-8(13)15/h1-3H,(H,11,14)(H,12,15)/p-2. The predicted molar refractivity (Wildman–Crippen MR) is 50.3 cm³/mol. The quantitative estimate of drug-likeness (QED) is 0.740. The maximum absolute atomic E-state index is 11.2. The van der Waals surface area contributed by atoms with Crippen molar-refractivity contribution in [2.24, 2.45) is 0 Å². The van der Waals surface area contributed by atoms with Gasteiger partial charge in [-0.2, -0.15) is 0 Å². The number of benzene rings is 1. The second-order valence-electron chi connectivity index (χ2n) is 2.73. The SMILES string of the molecule is [O-]c1nnc([O-])n1-c1cc(Cl)cc(Cl)c1. The van der Waals surface area contributed by atoms with E-state index in [9.17, 15) is 10.2 Å². The van der Waals surface area contributed by atoms with Gasteiger partial charge in [-0.15, -0.1) is 10.2 Å². The zero-order valence-corrected chi connectivity index (χ0v) is 8.66. The Balaban J connectivity index is 2.63. The van der Waals surface area contributed by atoms with Crippen LogP contribution in [0.25, 0.3) is 5.69 Å². The Morgan fingerprint density at radius 3 is 1.87 bits per heavy atom. The van der Waals surface area contributed by atoms with Gasteiger partial charge in [-0.3, -0.25) is 4.57 Å². The molecule has 1 aromatic heterocycles. The van der Waals surface area contributed by atoms with Crippen molar-refractivity contribution in [1.29, 1.82) is 0 Å². The van der Waals surface area contributed by atoms with E-state index in [1.807, 2.05) is 0 Å². The number of aromatic nitrogens is 3. The van der Waals surface area contributed by atoms with Gasteiger partial charge in [0.15, 0.2) is 0 Å². The number of rotatable bonds is 1. The molecule has 0 N–H and O–H groups in total. The van der Waals surface area contributed by atoms with Crippen molar-refractivity contribution >= 4 is 23.2 Å². The molecular formula is C8H3Cl2N3O2-2. The molecule has 0 amide bonds. The van der Waals surface area contributed by atoms with Crippen LogP contribution in [0.3, 0.4) is 0 Å². The van der Waals surface area contributed by atoms with Crippen molar-refractivity contribution in [3.8, 4) is 17.7 Å². The molecule has 0 saturated carbocycles. The summed E-state index contributed by atoms with van der Waals surface area (Å²) in [6, 6.07) is 2.85. The molecular weight excluding hydrogens is 241 g/mol. The van der Waals surface area contributed by atoms with Crippen LogP contribution in [-0.2, 0) is 0 Å². The fraction of sp³-hybridized carbons (Fsp3) is 0. The summed E-state index contributed by atoms with van der Waals surface area (Å²) < 4.78 is 0.789. The summed E-state index contributed by atoms with van der Waals surface area (Å²) in [4.78, 5) is 0. The predicted octanol–water partition coefficient (Wildman–Crippen LogP) is 0.721. The molecule has 0 spiro atoms. The van der Waals surface area contributed by atoms with E-state index in [-0.39, 0.29) is 5.69 Å². The summed E-state index contributed by atoms with van der Waals surface area (Å²) in [5, 5.41) is 29.2. The molecule has 15 heavy (non-hydrogen) atoms. The Morgan fingerprint density at radius 2 is 1.40 bits per heavy atom. The summed E-state index contributed by atoms with van der Waals surface area (Å²) in [7, 11) is 0. The van der Waals surface area contributed by atoms with Gasteiger partial charge < -0.3 is 10.2 Å². The van der Waals surface area contributed by atoms with Crippen molar-refractivity contribution in [2.45, 2.75) is 0 Å². The van der Waals surface area contributed by atoms with Crippen molar-refractivity contribution in [2.75, 3.05) is 0 Å². The first kappa shape index (κ1) is 10.1. The fourth-order valence-electron chi connectivity index (χ4n) is 1.15. The van der Waals surface area contributed by atoms with Crippen LogP contribution in [0.1, 0.15) is 0 Å². The largest absolute Gasteiger partial charge is 0.844 e. The average molecular weight is 244 g/mol. The van der Waals surface area contributed by atoms with E-state index in [1.165, 1.54) is 18.2 Å². The summed E-state index contributed by atoms with van der Waals surface area (Å²) in [5.74, 6) is 0. The first-order valence-electron chi connectivity index (χ1n) is 3.84. The summed E-state index contributed by atoms with van der Waals surface area (Å²) >= 11 is 11.5. The average Bonchev–Trinajstić information content (AvgIpc) is 2.44. The van der Waals surface area contributed by atoms with Crippen molar-refractivity contribution in [3.63, 3.8) is 0 Å². The van der Waals surface area contributed by atoms with Gasteiger partial charge in [0, 0.05) is 15.7 Å². The van der Waals surface area contributed by atoms with E-state index >= 15 is 0 Å². The van der Waals surface area contributed by atoms with Crippen LogP contribution in [0.15, 0.2) is 18.2 Å². The van der Waals surface area contributed by atoms with E-state index in [2.05, 4.69) is 10.2 Å². The summed E-state index contributed by atoms with van der Waals surface area (Å²) in [5.41, 5.74) is 0.257. The van der Waals surface area contributed by atoms with Crippen LogP contribution in [0.2, 0.25) is 10.0 Å². The third-order valence-corrected chi connectivity index (χ3v) is 2.15. The third kappa shape index (κ3) is 1.84. The number of halogens is 2. The van der Waals surface area contributed by atoms with Crippen LogP contribution in [0.4, 0.5) is 0 Å². The Morgan fingerprint density at radius 1 is 0.933 bits per heavy atom. The first-order valence-corrected chi connectivity index (χ1v) is 4.59. The molecule has 0 atom stereocenters. The number of nitrogens with zero attached hydrogens (tertiary/aromatic N) is 3. The van der Waals surface area contributed by atoms with Crippen molar-refractivity contribution in [3.05, 3.63) is 28.2 Å². The van der Waals surface area contributed by atoms with Gasteiger partial charge in [-0.25, -0.2) is 0 Å². The van der Waals surface area contributed by atoms with Crippen LogP contribution in [0.5, 0.6) is 12.0 Å². The highest BCUT2D eigenvalue weighted by Crippen LogP contribution is 2.25. The van der Waals surface area contributed by atoms with Gasteiger partial charge in [0.25, 0.3) is 0 Å². The maximum atomic E-state index is 11.2. The smallest absolute Gasteiger partial charge is 0.0891 e. The van der Waals surface area contributed by atoms with E-state index in [1.54, 1.807) is 0 Å². The number of hydrogen-bond acceptors (Lipinski definition) is 4. The normalized spacial score (nSPS) is 10.5. The molecule has 5 nitrogen and oxygen atoms in total. The molecule has 0 aliphatic rings. The molecule has 1 aromatic carbocycles. The van der Waals surface area contributed by atoms with Crippen molar-refractivity contribution < 1.29 is 10.2 Å². The minimum atomic E-state index is -0.752. The minimum absolute atomic E-state index is 0.257. The van der Waals surface area contributed by atoms with Crippen LogP contribution >= 0.6 is 23.2 Å². The van der Waals surface area contributed by atoms with E-state index in [0.29, 0.717) is 10.0 Å². The summed E-state index contributed by atoms with van der Waals surface area (Å²) in [6.45, 7) is 0. The highest BCUT2D eigenvalue weighted by molar-refractivity contribution is 6.34. The molecule has 0 unspecified atom stereocenters. The monoisotopic (exact) mass is 243 g/mol. The van der Waals surface area contributed by atoms with E-state index in [4.69, 9.17) is 23.2 Å². The summed E-state index contributed by atoms with van der Waals surface area (Å²) in [6.07, 6.45) is 0. The minimum Gasteiger partial charge on any atom is -0.844 e. The highest BCUT2D eigenvalue weighted by atomic mass is 35.5. The van der Waals surface area contributed by atoms with Crippen molar-refractivity contribution in [1.82, 2.24) is 14.8 Å². The second-order valence-corrected chi connectivity index (χ2v) is 3.60. The Labute approximate surface area is 94.5 Å². The zero-order chi connectivity index (χ0) is 11.0. The van der Waals surface area contributed by atoms with Crippen LogP contribution in [0, 0.1) is 0 Å². The topological polar surface area (TPSA) is 76.8 Å². The Bertz CT molecular complexity index is 473. The number of hydrogen-bond donors (Lipinski definition) is 0. The first-order chi connectivity index (χ1) is 7.08.